The first kappa shape index (κ1) is 14.6. The number of esters is 2. The molecule has 0 amide bonds. The highest BCUT2D eigenvalue weighted by Gasteiger charge is 2.28. The lowest BCUT2D eigenvalue weighted by atomic mass is 9.93. The van der Waals surface area contributed by atoms with Gasteiger partial charge in [-0.05, 0) is 28.3 Å². The van der Waals surface area contributed by atoms with Gasteiger partial charge in [0.25, 0.3) is 0 Å². The molecule has 0 aliphatic carbocycles. The van der Waals surface area contributed by atoms with Gasteiger partial charge < -0.3 is 9.47 Å². The minimum atomic E-state index is -0.483. The Bertz CT molecular complexity index is 733. The molecule has 3 rings (SSSR count). The van der Waals surface area contributed by atoms with E-state index in [2.05, 4.69) is 13.8 Å². The van der Waals surface area contributed by atoms with Crippen molar-refractivity contribution in [2.45, 2.75) is 32.3 Å². The summed E-state index contributed by atoms with van der Waals surface area (Å²) < 4.78 is 10.2. The minimum Gasteiger partial charge on any atom is -0.462 e. The maximum atomic E-state index is 12.4. The van der Waals surface area contributed by atoms with E-state index >= 15 is 0 Å². The number of fused-ring (bicyclic) bond motifs is 1. The fraction of sp³-hybridized carbons (Fsp3) is 0.333. The second-order valence-corrected chi connectivity index (χ2v) is 5.82. The smallest absolute Gasteiger partial charge is 0.339 e. The Hall–Kier alpha value is -2.36. The van der Waals surface area contributed by atoms with E-state index in [9.17, 15) is 9.59 Å². The third-order valence-corrected chi connectivity index (χ3v) is 3.90. The first-order chi connectivity index (χ1) is 10.6. The van der Waals surface area contributed by atoms with Gasteiger partial charge in [-0.25, -0.2) is 4.79 Å². The molecule has 1 unspecified atom stereocenters. The van der Waals surface area contributed by atoms with Crippen molar-refractivity contribution in [3.63, 3.8) is 0 Å². The Kier molecular flexibility index (Phi) is 3.84. The fourth-order valence-corrected chi connectivity index (χ4v) is 2.78. The predicted octanol–water partition coefficient (Wildman–Crippen LogP) is 3.44. The van der Waals surface area contributed by atoms with Gasteiger partial charge in [0.2, 0.25) is 0 Å². The summed E-state index contributed by atoms with van der Waals surface area (Å²) in [5.74, 6) is -0.358. The predicted molar refractivity (Wildman–Crippen MR) is 82.8 cm³/mol. The molecule has 2 aromatic rings. The molecule has 114 valence electrons. The molecule has 0 spiro atoms. The topological polar surface area (TPSA) is 52.6 Å². The quantitative estimate of drug-likeness (QED) is 0.815. The van der Waals surface area contributed by atoms with Crippen molar-refractivity contribution in [2.24, 2.45) is 0 Å². The van der Waals surface area contributed by atoms with Crippen molar-refractivity contribution < 1.29 is 19.1 Å². The molecule has 1 fully saturated rings. The zero-order valence-corrected chi connectivity index (χ0v) is 12.7. The van der Waals surface area contributed by atoms with Crippen LogP contribution in [0.1, 0.15) is 42.1 Å². The van der Waals surface area contributed by atoms with Crippen molar-refractivity contribution >= 4 is 22.7 Å². The highest BCUT2D eigenvalue weighted by molar-refractivity contribution is 6.05. The van der Waals surface area contributed by atoms with Gasteiger partial charge in [-0.3, -0.25) is 4.79 Å². The van der Waals surface area contributed by atoms with Gasteiger partial charge in [-0.15, -0.1) is 0 Å². The summed E-state index contributed by atoms with van der Waals surface area (Å²) in [5.41, 5.74) is 1.73. The summed E-state index contributed by atoms with van der Waals surface area (Å²) in [5, 5.41) is 1.94. The van der Waals surface area contributed by atoms with E-state index in [1.165, 1.54) is 5.56 Å². The Morgan fingerprint density at radius 3 is 2.55 bits per heavy atom. The molecular formula is C18H18O4. The first-order valence-corrected chi connectivity index (χ1v) is 7.44. The fourth-order valence-electron chi connectivity index (χ4n) is 2.78. The van der Waals surface area contributed by atoms with Gasteiger partial charge in [-0.1, -0.05) is 44.2 Å². The molecule has 1 aliphatic heterocycles. The van der Waals surface area contributed by atoms with Crippen LogP contribution in [0.5, 0.6) is 0 Å². The number of cyclic esters (lactones) is 1. The Morgan fingerprint density at radius 2 is 1.91 bits per heavy atom. The largest absolute Gasteiger partial charge is 0.462 e. The summed E-state index contributed by atoms with van der Waals surface area (Å²) in [7, 11) is 0. The minimum absolute atomic E-state index is 0.133. The molecular weight excluding hydrogens is 280 g/mol. The average Bonchev–Trinajstić information content (AvgIpc) is 2.90. The van der Waals surface area contributed by atoms with Crippen molar-refractivity contribution in [1.29, 1.82) is 0 Å². The van der Waals surface area contributed by atoms with Crippen molar-refractivity contribution in [3.05, 3.63) is 47.5 Å². The summed E-state index contributed by atoms with van der Waals surface area (Å²) in [6.07, 6.45) is -0.350. The van der Waals surface area contributed by atoms with Crippen LogP contribution in [0.25, 0.3) is 10.8 Å². The Morgan fingerprint density at radius 1 is 1.18 bits per heavy atom. The first-order valence-electron chi connectivity index (χ1n) is 7.44. The molecule has 2 aromatic carbocycles. The molecule has 1 atom stereocenters. The SMILES string of the molecule is CC(C)c1ccc(C(=O)OC2COC(=O)C2)c2ccccc12. The van der Waals surface area contributed by atoms with Crippen LogP contribution in [0.2, 0.25) is 0 Å². The highest BCUT2D eigenvalue weighted by atomic mass is 16.6. The van der Waals surface area contributed by atoms with Crippen LogP contribution in [0.3, 0.4) is 0 Å². The van der Waals surface area contributed by atoms with Crippen LogP contribution in [-0.4, -0.2) is 24.6 Å². The van der Waals surface area contributed by atoms with Crippen LogP contribution in [0, 0.1) is 0 Å². The van der Waals surface area contributed by atoms with Crippen LogP contribution in [-0.2, 0) is 14.3 Å². The number of hydrogen-bond acceptors (Lipinski definition) is 4. The Labute approximate surface area is 129 Å². The Balaban J connectivity index is 1.95. The molecule has 0 saturated carbocycles. The average molecular weight is 298 g/mol. The maximum absolute atomic E-state index is 12.4. The zero-order valence-electron chi connectivity index (χ0n) is 12.7. The second kappa shape index (κ2) is 5.79. The molecule has 0 bridgehead atoms. The molecule has 1 heterocycles. The van der Waals surface area contributed by atoms with E-state index in [1.54, 1.807) is 6.07 Å². The molecule has 0 aromatic heterocycles. The number of ether oxygens (including phenoxy) is 2. The lowest BCUT2D eigenvalue weighted by Crippen LogP contribution is -2.18. The molecule has 0 radical (unpaired) electrons. The van der Waals surface area contributed by atoms with Gasteiger partial charge in [0.15, 0.2) is 0 Å². The lowest BCUT2D eigenvalue weighted by molar-refractivity contribution is -0.137. The third kappa shape index (κ3) is 2.69. The summed E-state index contributed by atoms with van der Waals surface area (Å²) in [6, 6.07) is 11.6. The van der Waals surface area contributed by atoms with E-state index in [1.807, 2.05) is 30.3 Å². The number of rotatable bonds is 3. The van der Waals surface area contributed by atoms with Crippen LogP contribution >= 0.6 is 0 Å². The van der Waals surface area contributed by atoms with Crippen LogP contribution in [0.4, 0.5) is 0 Å². The van der Waals surface area contributed by atoms with Gasteiger partial charge in [-0.2, -0.15) is 0 Å². The van der Waals surface area contributed by atoms with Gasteiger partial charge in [0.05, 0.1) is 12.0 Å². The number of benzene rings is 2. The number of carbonyl (C=O) groups excluding carboxylic acids is 2. The molecule has 22 heavy (non-hydrogen) atoms. The molecule has 0 N–H and O–H groups in total. The van der Waals surface area contributed by atoms with Crippen LogP contribution < -0.4 is 0 Å². The van der Waals surface area contributed by atoms with Crippen molar-refractivity contribution in [3.8, 4) is 0 Å². The number of hydrogen-bond donors (Lipinski definition) is 0. The van der Waals surface area contributed by atoms with Crippen molar-refractivity contribution in [1.82, 2.24) is 0 Å². The van der Waals surface area contributed by atoms with Gasteiger partial charge in [0, 0.05) is 0 Å². The van der Waals surface area contributed by atoms with Crippen LogP contribution in [0.15, 0.2) is 36.4 Å². The molecule has 1 aliphatic rings. The monoisotopic (exact) mass is 298 g/mol. The highest BCUT2D eigenvalue weighted by Crippen LogP contribution is 2.29. The van der Waals surface area contributed by atoms with E-state index < -0.39 is 12.1 Å². The van der Waals surface area contributed by atoms with Gasteiger partial charge >= 0.3 is 11.9 Å². The molecule has 4 nitrogen and oxygen atoms in total. The zero-order chi connectivity index (χ0) is 15.7. The van der Waals surface area contributed by atoms with E-state index in [4.69, 9.17) is 9.47 Å². The van der Waals surface area contributed by atoms with Crippen molar-refractivity contribution in [2.75, 3.05) is 6.61 Å². The van der Waals surface area contributed by atoms with E-state index in [-0.39, 0.29) is 19.0 Å². The van der Waals surface area contributed by atoms with Gasteiger partial charge in [0.1, 0.15) is 12.7 Å². The molecule has 4 heteroatoms. The normalized spacial score (nSPS) is 17.8. The number of carbonyl (C=O) groups is 2. The summed E-state index contributed by atoms with van der Waals surface area (Å²) in [6.45, 7) is 4.40. The summed E-state index contributed by atoms with van der Waals surface area (Å²) in [4.78, 5) is 23.5. The maximum Gasteiger partial charge on any atom is 0.339 e. The summed E-state index contributed by atoms with van der Waals surface area (Å²) >= 11 is 0. The standard InChI is InChI=1S/C18H18O4/c1-11(2)13-7-8-16(15-6-4-3-5-14(13)15)18(20)22-12-9-17(19)21-10-12/h3-8,11-12H,9-10H2,1-2H3. The third-order valence-electron chi connectivity index (χ3n) is 3.90. The van der Waals surface area contributed by atoms with E-state index in [0.717, 1.165) is 10.8 Å². The second-order valence-electron chi connectivity index (χ2n) is 5.82. The molecule has 1 saturated heterocycles. The van der Waals surface area contributed by atoms with E-state index in [0.29, 0.717) is 11.5 Å². The lowest BCUT2D eigenvalue weighted by Gasteiger charge is -2.14.